The van der Waals surface area contributed by atoms with E-state index >= 15 is 0 Å². The number of phenols is 1. The third-order valence-electron chi connectivity index (χ3n) is 1.83. The fraction of sp³-hybridized carbons (Fsp3) is 0.111. The van der Waals surface area contributed by atoms with Crippen molar-refractivity contribution in [3.63, 3.8) is 0 Å². The van der Waals surface area contributed by atoms with Gasteiger partial charge in [-0.15, -0.1) is 35.7 Å². The maximum absolute atomic E-state index is 9.42. The van der Waals surface area contributed by atoms with Gasteiger partial charge in [0.15, 0.2) is 0 Å². The summed E-state index contributed by atoms with van der Waals surface area (Å²) >= 11 is 7.70. The molecule has 4 heteroatoms. The van der Waals surface area contributed by atoms with Crippen LogP contribution in [0, 0.1) is 0 Å². The molecule has 0 spiro atoms. The summed E-state index contributed by atoms with van der Waals surface area (Å²) in [6.45, 7) is 0. The molecule has 0 atom stereocenters. The van der Waals surface area contributed by atoms with Gasteiger partial charge in [-0.2, -0.15) is 0 Å². The van der Waals surface area contributed by atoms with Gasteiger partial charge in [0.05, 0.1) is 9.10 Å². The lowest BCUT2D eigenvalue weighted by Crippen LogP contribution is -1.69. The Morgan fingerprint density at radius 2 is 2.23 bits per heavy atom. The number of phenolic OH excluding ortho intramolecular Hbond substituents is 1. The van der Waals surface area contributed by atoms with Crippen LogP contribution >= 0.6 is 35.7 Å². The summed E-state index contributed by atoms with van der Waals surface area (Å²) in [4.78, 5) is 0.675. The van der Waals surface area contributed by atoms with Crippen LogP contribution in [0.3, 0.4) is 0 Å². The molecule has 2 aromatic rings. The predicted molar refractivity (Wildman–Crippen MR) is 62.5 cm³/mol. The number of aromatic hydroxyl groups is 1. The van der Waals surface area contributed by atoms with Crippen molar-refractivity contribution in [1.82, 2.24) is 0 Å². The molecule has 0 aliphatic carbocycles. The molecule has 2 rings (SSSR count). The van der Waals surface area contributed by atoms with Crippen LogP contribution in [0.2, 0.25) is 0 Å². The summed E-state index contributed by atoms with van der Waals surface area (Å²) in [5, 5.41) is 10.5. The van der Waals surface area contributed by atoms with Gasteiger partial charge in [0.25, 0.3) is 0 Å². The average molecular weight is 228 g/mol. The molecular weight excluding hydrogens is 220 g/mol. The fourth-order valence-corrected chi connectivity index (χ4v) is 3.14. The van der Waals surface area contributed by atoms with Crippen LogP contribution in [0.5, 0.6) is 5.75 Å². The number of thioether (sulfide) groups is 1. The molecule has 0 saturated carbocycles. The first-order chi connectivity index (χ1) is 6.22. The minimum absolute atomic E-state index is 0.251. The Hall–Kier alpha value is -0.320. The first-order valence-electron chi connectivity index (χ1n) is 3.71. The molecule has 0 bridgehead atoms. The lowest BCUT2D eigenvalue weighted by molar-refractivity contribution is 0.464. The van der Waals surface area contributed by atoms with Crippen LogP contribution in [0.25, 0.3) is 10.1 Å². The van der Waals surface area contributed by atoms with E-state index < -0.39 is 0 Å². The lowest BCUT2D eigenvalue weighted by atomic mass is 10.2. The molecule has 0 aliphatic heterocycles. The summed E-state index contributed by atoms with van der Waals surface area (Å²) in [5.41, 5.74) is 0. The molecule has 0 aliphatic rings. The molecule has 1 aromatic heterocycles. The molecule has 1 aromatic carbocycles. The van der Waals surface area contributed by atoms with Crippen molar-refractivity contribution in [2.45, 2.75) is 9.10 Å². The van der Waals surface area contributed by atoms with Crippen LogP contribution in [-0.2, 0) is 0 Å². The molecule has 0 unspecified atom stereocenters. The zero-order valence-electron chi connectivity index (χ0n) is 6.94. The van der Waals surface area contributed by atoms with Crippen molar-refractivity contribution in [2.24, 2.45) is 0 Å². The normalized spacial score (nSPS) is 10.9. The standard InChI is InChI=1S/C9H8OS3/c1-12-8-4-5-7(13-8)3-2-6(10)9(5)11/h2-4,10-11H,1H3. The first kappa shape index (κ1) is 9.24. The van der Waals surface area contributed by atoms with Crippen LogP contribution in [0.15, 0.2) is 27.3 Å². The number of hydrogen-bond donors (Lipinski definition) is 2. The summed E-state index contributed by atoms with van der Waals surface area (Å²) in [5.74, 6) is 0.251. The number of thiophene rings is 1. The van der Waals surface area contributed by atoms with Gasteiger partial charge in [0.2, 0.25) is 0 Å². The Kier molecular flexibility index (Phi) is 2.45. The number of fused-ring (bicyclic) bond motifs is 1. The van der Waals surface area contributed by atoms with E-state index in [2.05, 4.69) is 18.7 Å². The minimum atomic E-state index is 0.251. The molecule has 68 valence electrons. The predicted octanol–water partition coefficient (Wildman–Crippen LogP) is 3.62. The van der Waals surface area contributed by atoms with Crippen LogP contribution in [0.4, 0.5) is 0 Å². The van der Waals surface area contributed by atoms with Gasteiger partial charge < -0.3 is 5.11 Å². The second-order valence-corrected chi connectivity index (χ2v) is 5.25. The van der Waals surface area contributed by atoms with E-state index in [0.717, 1.165) is 5.39 Å². The third kappa shape index (κ3) is 1.54. The Balaban J connectivity index is 2.76. The topological polar surface area (TPSA) is 20.2 Å². The molecule has 1 heterocycles. The van der Waals surface area contributed by atoms with E-state index in [0.29, 0.717) is 4.90 Å². The highest BCUT2D eigenvalue weighted by atomic mass is 32.2. The highest BCUT2D eigenvalue weighted by Gasteiger charge is 2.06. The molecule has 0 amide bonds. The highest BCUT2D eigenvalue weighted by molar-refractivity contribution is 8.00. The fourth-order valence-electron chi connectivity index (χ4n) is 1.16. The molecule has 1 N–H and O–H groups in total. The summed E-state index contributed by atoms with van der Waals surface area (Å²) < 4.78 is 2.42. The smallest absolute Gasteiger partial charge is 0.129 e. The third-order valence-corrected chi connectivity index (χ3v) is 4.46. The van der Waals surface area contributed by atoms with Crippen LogP contribution < -0.4 is 0 Å². The van der Waals surface area contributed by atoms with E-state index in [1.54, 1.807) is 29.2 Å². The quantitative estimate of drug-likeness (QED) is 0.574. The maximum atomic E-state index is 9.42. The van der Waals surface area contributed by atoms with Gasteiger partial charge in [0.1, 0.15) is 5.75 Å². The zero-order chi connectivity index (χ0) is 9.42. The second-order valence-electron chi connectivity index (χ2n) is 2.61. The highest BCUT2D eigenvalue weighted by Crippen LogP contribution is 2.38. The monoisotopic (exact) mass is 228 g/mol. The summed E-state index contributed by atoms with van der Waals surface area (Å²) in [6, 6.07) is 5.67. The number of hydrogen-bond acceptors (Lipinski definition) is 4. The Bertz CT molecular complexity index is 447. The first-order valence-corrected chi connectivity index (χ1v) is 6.19. The number of benzene rings is 1. The van der Waals surface area contributed by atoms with Gasteiger partial charge in [-0.3, -0.25) is 0 Å². The van der Waals surface area contributed by atoms with Crippen molar-refractivity contribution in [2.75, 3.05) is 6.26 Å². The largest absolute Gasteiger partial charge is 0.507 e. The summed E-state index contributed by atoms with van der Waals surface area (Å²) in [6.07, 6.45) is 2.04. The molecule has 1 nitrogen and oxygen atoms in total. The molecule has 0 radical (unpaired) electrons. The molecule has 13 heavy (non-hydrogen) atoms. The van der Waals surface area contributed by atoms with E-state index in [4.69, 9.17) is 0 Å². The second kappa shape index (κ2) is 3.44. The van der Waals surface area contributed by atoms with Gasteiger partial charge in [0, 0.05) is 10.1 Å². The Morgan fingerprint density at radius 1 is 1.46 bits per heavy atom. The maximum Gasteiger partial charge on any atom is 0.129 e. The Morgan fingerprint density at radius 3 is 2.92 bits per heavy atom. The summed E-state index contributed by atoms with van der Waals surface area (Å²) in [7, 11) is 0. The van der Waals surface area contributed by atoms with E-state index in [1.807, 2.05) is 12.3 Å². The van der Waals surface area contributed by atoms with Gasteiger partial charge in [-0.1, -0.05) is 0 Å². The van der Waals surface area contributed by atoms with Gasteiger partial charge in [-0.05, 0) is 24.5 Å². The molecular formula is C9H8OS3. The van der Waals surface area contributed by atoms with Crippen molar-refractivity contribution < 1.29 is 5.11 Å². The Labute approximate surface area is 90.2 Å². The SMILES string of the molecule is CSc1cc2c(S)c(O)ccc2s1. The van der Waals surface area contributed by atoms with Crippen LogP contribution in [-0.4, -0.2) is 11.4 Å². The zero-order valence-corrected chi connectivity index (χ0v) is 9.47. The lowest BCUT2D eigenvalue weighted by Gasteiger charge is -1.97. The van der Waals surface area contributed by atoms with Crippen molar-refractivity contribution in [3.8, 4) is 5.75 Å². The van der Waals surface area contributed by atoms with Gasteiger partial charge in [-0.25, -0.2) is 0 Å². The number of thiol groups is 1. The number of rotatable bonds is 1. The molecule has 0 saturated heterocycles. The van der Waals surface area contributed by atoms with Crippen LogP contribution in [0.1, 0.15) is 0 Å². The van der Waals surface area contributed by atoms with E-state index in [-0.39, 0.29) is 5.75 Å². The van der Waals surface area contributed by atoms with Crippen molar-refractivity contribution in [3.05, 3.63) is 18.2 Å². The molecule has 0 fully saturated rings. The van der Waals surface area contributed by atoms with Crippen molar-refractivity contribution >= 4 is 45.8 Å². The van der Waals surface area contributed by atoms with Crippen molar-refractivity contribution in [1.29, 1.82) is 0 Å². The van der Waals surface area contributed by atoms with Gasteiger partial charge >= 0.3 is 0 Å². The average Bonchev–Trinajstić information content (AvgIpc) is 2.55. The van der Waals surface area contributed by atoms with E-state index in [1.165, 1.54) is 8.91 Å². The van der Waals surface area contributed by atoms with E-state index in [9.17, 15) is 5.11 Å². The minimum Gasteiger partial charge on any atom is -0.507 e.